The van der Waals surface area contributed by atoms with E-state index in [1.165, 1.54) is 0 Å². The zero-order valence-corrected chi connectivity index (χ0v) is 15.6. The van der Waals surface area contributed by atoms with Crippen molar-refractivity contribution in [2.24, 2.45) is 16.2 Å². The Morgan fingerprint density at radius 3 is 1.33 bits per heavy atom. The standard InChI is InChI=1S/C17H29.Dy/c1-15(2,3)12-10-11-13(16(4,5)6)14(12)17(7,8)9;/h10H2,1-9H3;. The summed E-state index contributed by atoms with van der Waals surface area (Å²) in [5.41, 5.74) is 5.61. The molecule has 0 saturated heterocycles. The minimum absolute atomic E-state index is 0.235. The van der Waals surface area contributed by atoms with Crippen LogP contribution in [0, 0.1) is 52.5 Å². The first-order valence-corrected chi connectivity index (χ1v) is 7.88. The fraction of sp³-hybridized carbons (Fsp3) is 0.765. The van der Waals surface area contributed by atoms with Gasteiger partial charge in [0.25, 0.3) is 0 Å². The fourth-order valence-electron chi connectivity index (χ4n) is 2.83. The van der Waals surface area contributed by atoms with Crippen LogP contribution in [0.5, 0.6) is 0 Å². The van der Waals surface area contributed by atoms with Crippen molar-refractivity contribution in [2.45, 2.75) is 68.7 Å². The minimum atomic E-state index is 0.235. The van der Waals surface area contributed by atoms with Crippen LogP contribution in [-0.4, -0.2) is 0 Å². The number of hydrogen-bond donors (Lipinski definition) is 0. The van der Waals surface area contributed by atoms with Gasteiger partial charge in [-0.15, -0.1) is 0 Å². The molecule has 0 fully saturated rings. The second-order valence-electron chi connectivity index (χ2n) is 8.52. The third-order valence-electron chi connectivity index (χ3n) is 3.53. The molecule has 0 radical (unpaired) electrons. The molecule has 0 heterocycles. The molecule has 1 aliphatic carbocycles. The van der Waals surface area contributed by atoms with Gasteiger partial charge in [-0.05, 0) is 0 Å². The number of hydrogen-bond acceptors (Lipinski definition) is 0. The van der Waals surface area contributed by atoms with Gasteiger partial charge in [-0.1, -0.05) is 0 Å². The summed E-state index contributed by atoms with van der Waals surface area (Å²) in [6, 6.07) is 0. The second-order valence-corrected chi connectivity index (χ2v) is 9.75. The van der Waals surface area contributed by atoms with Crippen LogP contribution in [0.1, 0.15) is 68.7 Å². The van der Waals surface area contributed by atoms with Crippen LogP contribution in [-0.2, 0) is 0 Å². The van der Waals surface area contributed by atoms with E-state index in [0.29, 0.717) is 0 Å². The molecular formula is C17H29Dy. The molecule has 0 aromatic rings. The Kier molecular flexibility index (Phi) is 4.61. The predicted molar refractivity (Wildman–Crippen MR) is 77.0 cm³/mol. The Morgan fingerprint density at radius 1 is 0.667 bits per heavy atom. The van der Waals surface area contributed by atoms with Crippen LogP contribution in [0.15, 0.2) is 18.3 Å². The molecule has 0 aromatic heterocycles. The summed E-state index contributed by atoms with van der Waals surface area (Å²) >= 11 is 2.55. The van der Waals surface area contributed by atoms with Gasteiger partial charge in [-0.25, -0.2) is 0 Å². The van der Waals surface area contributed by atoms with Crippen LogP contribution < -0.4 is 0 Å². The van der Waals surface area contributed by atoms with E-state index >= 15 is 0 Å². The van der Waals surface area contributed by atoms with Crippen LogP contribution in [0.25, 0.3) is 0 Å². The third kappa shape index (κ3) is 3.44. The maximum atomic E-state index is 2.55. The van der Waals surface area contributed by atoms with Crippen molar-refractivity contribution in [3.8, 4) is 0 Å². The molecule has 1 heteroatoms. The fourth-order valence-corrected chi connectivity index (χ4v) is 4.20. The Labute approximate surface area is 138 Å². The SMILES string of the molecule is CC(C)(C)C1=C(C(C)(C)C)C(C(C)(C)C)=[C]([Dy])C1. The van der Waals surface area contributed by atoms with Gasteiger partial charge >= 0.3 is 140 Å². The Morgan fingerprint density at radius 2 is 1.06 bits per heavy atom. The average molecular weight is 396 g/mol. The zero-order chi connectivity index (χ0) is 14.5. The van der Waals surface area contributed by atoms with E-state index in [0.717, 1.165) is 6.42 Å². The van der Waals surface area contributed by atoms with Crippen molar-refractivity contribution in [1.29, 1.82) is 0 Å². The molecule has 0 aromatic carbocycles. The molecule has 0 spiro atoms. The molecular weight excluding hydrogens is 367 g/mol. The molecule has 0 bridgehead atoms. The van der Waals surface area contributed by atoms with Crippen LogP contribution >= 0.6 is 0 Å². The molecule has 18 heavy (non-hydrogen) atoms. The zero-order valence-electron chi connectivity index (χ0n) is 13.5. The van der Waals surface area contributed by atoms with Crippen molar-refractivity contribution in [1.82, 2.24) is 0 Å². The molecule has 0 amide bonds. The first-order valence-electron chi connectivity index (χ1n) is 6.87. The second kappa shape index (κ2) is 4.94. The van der Waals surface area contributed by atoms with Gasteiger partial charge in [0, 0.05) is 0 Å². The molecule has 0 aliphatic heterocycles. The van der Waals surface area contributed by atoms with Gasteiger partial charge in [0.2, 0.25) is 0 Å². The molecule has 0 N–H and O–H groups in total. The molecule has 1 rings (SSSR count). The average Bonchev–Trinajstić information content (AvgIpc) is 2.39. The normalized spacial score (nSPS) is 19.1. The Hall–Kier alpha value is 0.753. The van der Waals surface area contributed by atoms with Gasteiger partial charge < -0.3 is 0 Å². The summed E-state index contributed by atoms with van der Waals surface area (Å²) in [5.74, 6) is 0. The molecule has 0 nitrogen and oxygen atoms in total. The van der Waals surface area contributed by atoms with E-state index in [9.17, 15) is 0 Å². The van der Waals surface area contributed by atoms with E-state index in [1.54, 1.807) is 18.3 Å². The van der Waals surface area contributed by atoms with Crippen LogP contribution in [0.2, 0.25) is 0 Å². The van der Waals surface area contributed by atoms with E-state index in [2.05, 4.69) is 98.5 Å². The summed E-state index contributed by atoms with van der Waals surface area (Å²) in [5, 5.41) is 0. The van der Waals surface area contributed by atoms with E-state index in [1.807, 2.05) is 0 Å². The first kappa shape index (κ1) is 16.8. The molecule has 0 unspecified atom stereocenters. The van der Waals surface area contributed by atoms with Crippen LogP contribution in [0.3, 0.4) is 0 Å². The summed E-state index contributed by atoms with van der Waals surface area (Å²) in [7, 11) is 0. The van der Waals surface area contributed by atoms with Gasteiger partial charge in [0.05, 0.1) is 0 Å². The summed E-state index contributed by atoms with van der Waals surface area (Å²) < 4.78 is 1.55. The summed E-state index contributed by atoms with van der Waals surface area (Å²) in [4.78, 5) is 0. The topological polar surface area (TPSA) is 0 Å². The van der Waals surface area contributed by atoms with E-state index < -0.39 is 0 Å². The van der Waals surface area contributed by atoms with E-state index in [4.69, 9.17) is 0 Å². The maximum absolute atomic E-state index is 2.55. The van der Waals surface area contributed by atoms with Gasteiger partial charge in [-0.3, -0.25) is 0 Å². The van der Waals surface area contributed by atoms with Crippen molar-refractivity contribution < 1.29 is 36.2 Å². The van der Waals surface area contributed by atoms with Crippen molar-refractivity contribution in [3.63, 3.8) is 0 Å². The number of allylic oxidation sites excluding steroid dienone is 4. The number of rotatable bonds is 0. The van der Waals surface area contributed by atoms with Gasteiger partial charge in [0.15, 0.2) is 0 Å². The quantitative estimate of drug-likeness (QED) is 0.498. The summed E-state index contributed by atoms with van der Waals surface area (Å²) in [6.07, 6.45) is 1.16. The van der Waals surface area contributed by atoms with Gasteiger partial charge in [0.1, 0.15) is 0 Å². The predicted octanol–water partition coefficient (Wildman–Crippen LogP) is 5.63. The molecule has 0 saturated carbocycles. The molecule has 1 aliphatic rings. The molecule has 0 atom stereocenters. The first-order chi connectivity index (χ1) is 7.76. The monoisotopic (exact) mass is 397 g/mol. The van der Waals surface area contributed by atoms with Crippen molar-refractivity contribution in [2.75, 3.05) is 0 Å². The summed E-state index contributed by atoms with van der Waals surface area (Å²) in [6.45, 7) is 21.2. The van der Waals surface area contributed by atoms with Crippen molar-refractivity contribution in [3.05, 3.63) is 18.3 Å². The third-order valence-corrected chi connectivity index (χ3v) is 4.40. The van der Waals surface area contributed by atoms with Crippen molar-refractivity contribution >= 4 is 0 Å². The van der Waals surface area contributed by atoms with Crippen LogP contribution in [0.4, 0.5) is 0 Å². The molecule has 107 valence electrons. The Bertz CT molecular complexity index is 400. The van der Waals surface area contributed by atoms with Gasteiger partial charge in [-0.2, -0.15) is 0 Å². The van der Waals surface area contributed by atoms with E-state index in [-0.39, 0.29) is 16.2 Å². The Balaban J connectivity index is 3.52.